The molecule has 0 saturated heterocycles. The van der Waals surface area contributed by atoms with Gasteiger partial charge in [0.15, 0.2) is 0 Å². The number of aryl methyl sites for hydroxylation is 1. The molecule has 78 valence electrons. The second kappa shape index (κ2) is 4.75. The minimum atomic E-state index is -0.0398. The van der Waals surface area contributed by atoms with Gasteiger partial charge in [0, 0.05) is 11.9 Å². The predicted octanol–water partition coefficient (Wildman–Crippen LogP) is 2.31. The summed E-state index contributed by atoms with van der Waals surface area (Å²) in [5, 5.41) is 0. The standard InChI is InChI=1S/C12H14N2O/c13-11(12-5-3-9-15-12)7-6-10-4-1-2-8-14-10/h1-5,8-9,11H,6-7,13H2. The van der Waals surface area contributed by atoms with Gasteiger partial charge in [0.25, 0.3) is 0 Å². The van der Waals surface area contributed by atoms with E-state index in [9.17, 15) is 0 Å². The van der Waals surface area contributed by atoms with E-state index in [4.69, 9.17) is 10.2 Å². The second-order valence-corrected chi connectivity index (χ2v) is 3.48. The van der Waals surface area contributed by atoms with E-state index in [0.29, 0.717) is 0 Å². The lowest BCUT2D eigenvalue weighted by molar-refractivity contribution is 0.451. The number of aromatic nitrogens is 1. The Morgan fingerprint density at radius 1 is 1.27 bits per heavy atom. The second-order valence-electron chi connectivity index (χ2n) is 3.48. The first-order chi connectivity index (χ1) is 7.36. The number of pyridine rings is 1. The number of rotatable bonds is 4. The highest BCUT2D eigenvalue weighted by Crippen LogP contribution is 2.16. The fraction of sp³-hybridized carbons (Fsp3) is 0.250. The highest BCUT2D eigenvalue weighted by atomic mass is 16.3. The zero-order valence-electron chi connectivity index (χ0n) is 8.47. The number of nitrogens with zero attached hydrogens (tertiary/aromatic N) is 1. The molecule has 0 aliphatic rings. The molecule has 2 heterocycles. The van der Waals surface area contributed by atoms with Crippen LogP contribution in [0.1, 0.15) is 23.9 Å². The largest absolute Gasteiger partial charge is 0.468 e. The van der Waals surface area contributed by atoms with Crippen molar-refractivity contribution in [2.45, 2.75) is 18.9 Å². The highest BCUT2D eigenvalue weighted by Gasteiger charge is 2.08. The molecule has 0 fully saturated rings. The Balaban J connectivity index is 1.89. The Hall–Kier alpha value is -1.61. The average Bonchev–Trinajstić information content (AvgIpc) is 2.81. The first-order valence-electron chi connectivity index (χ1n) is 5.05. The first kappa shape index (κ1) is 9.93. The van der Waals surface area contributed by atoms with Crippen molar-refractivity contribution in [3.8, 4) is 0 Å². The summed E-state index contributed by atoms with van der Waals surface area (Å²) in [6, 6.07) is 9.63. The third-order valence-corrected chi connectivity index (χ3v) is 2.35. The molecule has 0 amide bonds. The zero-order valence-corrected chi connectivity index (χ0v) is 8.47. The van der Waals surface area contributed by atoms with Crippen LogP contribution in [-0.4, -0.2) is 4.98 Å². The fourth-order valence-corrected chi connectivity index (χ4v) is 1.49. The van der Waals surface area contributed by atoms with Crippen molar-refractivity contribution in [3.63, 3.8) is 0 Å². The van der Waals surface area contributed by atoms with E-state index in [1.54, 1.807) is 12.5 Å². The van der Waals surface area contributed by atoms with E-state index in [1.807, 2.05) is 30.3 Å². The van der Waals surface area contributed by atoms with Crippen LogP contribution in [0.3, 0.4) is 0 Å². The van der Waals surface area contributed by atoms with Gasteiger partial charge in [-0.05, 0) is 37.1 Å². The molecule has 0 saturated carbocycles. The molecule has 2 aromatic rings. The molecule has 3 nitrogen and oxygen atoms in total. The zero-order chi connectivity index (χ0) is 10.5. The van der Waals surface area contributed by atoms with E-state index < -0.39 is 0 Å². The maximum Gasteiger partial charge on any atom is 0.120 e. The molecule has 2 rings (SSSR count). The lowest BCUT2D eigenvalue weighted by atomic mass is 10.1. The maximum absolute atomic E-state index is 5.97. The molecular formula is C12H14N2O. The third kappa shape index (κ3) is 2.67. The number of hydrogen-bond donors (Lipinski definition) is 1. The molecule has 0 aromatic carbocycles. The molecule has 0 radical (unpaired) electrons. The summed E-state index contributed by atoms with van der Waals surface area (Å²) in [5.74, 6) is 0.839. The monoisotopic (exact) mass is 202 g/mol. The predicted molar refractivity (Wildman–Crippen MR) is 58.2 cm³/mol. The normalized spacial score (nSPS) is 12.6. The Bertz CT molecular complexity index is 383. The van der Waals surface area contributed by atoms with E-state index in [1.165, 1.54) is 0 Å². The smallest absolute Gasteiger partial charge is 0.120 e. The summed E-state index contributed by atoms with van der Waals surface area (Å²) in [5.41, 5.74) is 7.03. The van der Waals surface area contributed by atoms with Gasteiger partial charge in [0.05, 0.1) is 12.3 Å². The van der Waals surface area contributed by atoms with Gasteiger partial charge in [0.2, 0.25) is 0 Å². The molecule has 3 heteroatoms. The van der Waals surface area contributed by atoms with Crippen LogP contribution >= 0.6 is 0 Å². The Morgan fingerprint density at radius 3 is 2.87 bits per heavy atom. The molecule has 0 spiro atoms. The fourth-order valence-electron chi connectivity index (χ4n) is 1.49. The van der Waals surface area contributed by atoms with Crippen LogP contribution in [0.25, 0.3) is 0 Å². The summed E-state index contributed by atoms with van der Waals surface area (Å²) in [7, 11) is 0. The maximum atomic E-state index is 5.97. The molecule has 1 atom stereocenters. The summed E-state index contributed by atoms with van der Waals surface area (Å²) in [4.78, 5) is 4.25. The van der Waals surface area contributed by atoms with E-state index in [0.717, 1.165) is 24.3 Å². The number of nitrogens with two attached hydrogens (primary N) is 1. The third-order valence-electron chi connectivity index (χ3n) is 2.35. The number of hydrogen-bond acceptors (Lipinski definition) is 3. The SMILES string of the molecule is NC(CCc1ccccn1)c1ccco1. The topological polar surface area (TPSA) is 52.0 Å². The summed E-state index contributed by atoms with van der Waals surface area (Å²) >= 11 is 0. The van der Waals surface area contributed by atoms with Crippen molar-refractivity contribution < 1.29 is 4.42 Å². The minimum absolute atomic E-state index is 0.0398. The lowest BCUT2D eigenvalue weighted by Gasteiger charge is -2.07. The van der Waals surface area contributed by atoms with Crippen molar-refractivity contribution in [1.29, 1.82) is 0 Å². The quantitative estimate of drug-likeness (QED) is 0.827. The van der Waals surface area contributed by atoms with Crippen LogP contribution in [-0.2, 0) is 6.42 Å². The van der Waals surface area contributed by atoms with Gasteiger partial charge >= 0.3 is 0 Å². The van der Waals surface area contributed by atoms with Crippen LogP contribution in [0.4, 0.5) is 0 Å². The summed E-state index contributed by atoms with van der Waals surface area (Å²) < 4.78 is 5.24. The molecule has 0 aliphatic carbocycles. The summed E-state index contributed by atoms with van der Waals surface area (Å²) in [6.07, 6.45) is 5.18. The molecule has 2 aromatic heterocycles. The van der Waals surface area contributed by atoms with Gasteiger partial charge in [-0.25, -0.2) is 0 Å². The molecule has 15 heavy (non-hydrogen) atoms. The van der Waals surface area contributed by atoms with Crippen molar-refractivity contribution in [2.24, 2.45) is 5.73 Å². The van der Waals surface area contributed by atoms with Gasteiger partial charge in [-0.2, -0.15) is 0 Å². The van der Waals surface area contributed by atoms with Crippen molar-refractivity contribution in [3.05, 3.63) is 54.2 Å². The highest BCUT2D eigenvalue weighted by molar-refractivity contribution is 5.07. The van der Waals surface area contributed by atoms with E-state index in [2.05, 4.69) is 4.98 Å². The van der Waals surface area contributed by atoms with Gasteiger partial charge in [-0.3, -0.25) is 4.98 Å². The van der Waals surface area contributed by atoms with Gasteiger partial charge in [-0.1, -0.05) is 6.07 Å². The van der Waals surface area contributed by atoms with Gasteiger partial charge in [-0.15, -0.1) is 0 Å². The first-order valence-corrected chi connectivity index (χ1v) is 5.05. The van der Waals surface area contributed by atoms with Crippen LogP contribution in [0.15, 0.2) is 47.2 Å². The van der Waals surface area contributed by atoms with E-state index >= 15 is 0 Å². The van der Waals surface area contributed by atoms with Crippen molar-refractivity contribution in [1.82, 2.24) is 4.98 Å². The van der Waals surface area contributed by atoms with Crippen LogP contribution in [0, 0.1) is 0 Å². The molecule has 0 bridgehead atoms. The Morgan fingerprint density at radius 2 is 2.20 bits per heavy atom. The van der Waals surface area contributed by atoms with E-state index in [-0.39, 0.29) is 6.04 Å². The average molecular weight is 202 g/mol. The van der Waals surface area contributed by atoms with Crippen LogP contribution < -0.4 is 5.73 Å². The van der Waals surface area contributed by atoms with Crippen LogP contribution in [0.5, 0.6) is 0 Å². The Labute approximate surface area is 88.9 Å². The van der Waals surface area contributed by atoms with Crippen molar-refractivity contribution in [2.75, 3.05) is 0 Å². The Kier molecular flexibility index (Phi) is 3.15. The lowest BCUT2D eigenvalue weighted by Crippen LogP contribution is -2.10. The summed E-state index contributed by atoms with van der Waals surface area (Å²) in [6.45, 7) is 0. The molecule has 1 unspecified atom stereocenters. The minimum Gasteiger partial charge on any atom is -0.468 e. The van der Waals surface area contributed by atoms with Crippen LogP contribution in [0.2, 0.25) is 0 Å². The van der Waals surface area contributed by atoms with Crippen molar-refractivity contribution >= 4 is 0 Å². The van der Waals surface area contributed by atoms with Gasteiger partial charge in [0.1, 0.15) is 5.76 Å². The molecular weight excluding hydrogens is 188 g/mol. The number of furan rings is 1. The van der Waals surface area contributed by atoms with Gasteiger partial charge < -0.3 is 10.2 Å². The molecule has 2 N–H and O–H groups in total. The molecule has 0 aliphatic heterocycles.